The molecule has 0 saturated heterocycles. The SMILES string of the molecule is CC1(C)[C@H](C(=O)OCc2cccc(O[13c]3[13cH][13cH][13cH][13cH][13cH]3)c2)[C@@H]1C=C(Cl)Cl. The van der Waals surface area contributed by atoms with Crippen molar-refractivity contribution >= 4 is 29.2 Å². The number of para-hydroxylation sites is 1. The Hall–Kier alpha value is -1.97. The van der Waals surface area contributed by atoms with Gasteiger partial charge in [0.15, 0.2) is 0 Å². The highest BCUT2D eigenvalue weighted by molar-refractivity contribution is 6.55. The van der Waals surface area contributed by atoms with E-state index in [1.54, 1.807) is 6.08 Å². The number of carbonyl (C=O) groups excluding carboxylic acids is 1. The van der Waals surface area contributed by atoms with Crippen molar-refractivity contribution in [2.45, 2.75) is 20.5 Å². The van der Waals surface area contributed by atoms with Gasteiger partial charge in [0.05, 0.1) is 5.92 Å². The van der Waals surface area contributed by atoms with Gasteiger partial charge in [-0.25, -0.2) is 0 Å². The third kappa shape index (κ3) is 4.40. The largest absolute Gasteiger partial charge is 0.461 e. The number of hydrogen-bond donors (Lipinski definition) is 0. The lowest BCUT2D eigenvalue weighted by atomic mass is 10.1. The first-order valence-electron chi connectivity index (χ1n) is 8.39. The predicted octanol–water partition coefficient (Wildman–Crippen LogP) is 6.11. The molecule has 3 rings (SSSR count). The quantitative estimate of drug-likeness (QED) is 0.552. The van der Waals surface area contributed by atoms with E-state index < -0.39 is 0 Å². The molecule has 2 aromatic carbocycles. The van der Waals surface area contributed by atoms with Crippen LogP contribution in [0.2, 0.25) is 0 Å². The molecule has 0 amide bonds. The molecule has 0 aromatic heterocycles. The third-order valence-electron chi connectivity index (χ3n) is 4.73. The van der Waals surface area contributed by atoms with E-state index in [4.69, 9.17) is 32.7 Å². The summed E-state index contributed by atoms with van der Waals surface area (Å²) in [5.74, 6) is 1.01. The first kappa shape index (κ1) is 18.8. The molecule has 0 N–H and O–H groups in total. The second kappa shape index (κ2) is 7.73. The van der Waals surface area contributed by atoms with Crippen LogP contribution >= 0.6 is 23.2 Å². The molecule has 0 spiro atoms. The zero-order valence-electron chi connectivity index (χ0n) is 14.6. The van der Waals surface area contributed by atoms with Crippen LogP contribution in [0, 0.1) is 17.3 Å². The molecule has 3 nitrogen and oxygen atoms in total. The van der Waals surface area contributed by atoms with E-state index in [9.17, 15) is 4.79 Å². The lowest BCUT2D eigenvalue weighted by Gasteiger charge is -2.09. The van der Waals surface area contributed by atoms with E-state index in [1.807, 2.05) is 68.4 Å². The Morgan fingerprint density at radius 1 is 1.08 bits per heavy atom. The second-order valence-electron chi connectivity index (χ2n) is 6.95. The van der Waals surface area contributed by atoms with E-state index in [-0.39, 0.29) is 34.3 Å². The smallest absolute Gasteiger partial charge is 0.310 e. The second-order valence-corrected chi connectivity index (χ2v) is 7.96. The van der Waals surface area contributed by atoms with Crippen molar-refractivity contribution in [3.63, 3.8) is 0 Å². The maximum atomic E-state index is 12.4. The van der Waals surface area contributed by atoms with Gasteiger partial charge in [-0.2, -0.15) is 0 Å². The minimum Gasteiger partial charge on any atom is -0.461 e. The summed E-state index contributed by atoms with van der Waals surface area (Å²) in [7, 11) is 0. The highest BCUT2D eigenvalue weighted by Gasteiger charge is 2.61. The summed E-state index contributed by atoms with van der Waals surface area (Å²) in [6.07, 6.45) is 1.71. The van der Waals surface area contributed by atoms with Crippen molar-refractivity contribution in [1.82, 2.24) is 0 Å². The molecule has 1 fully saturated rings. The fraction of sp³-hybridized carbons (Fsp3) is 0.286. The zero-order valence-corrected chi connectivity index (χ0v) is 16.1. The molecule has 0 aliphatic heterocycles. The van der Waals surface area contributed by atoms with Gasteiger partial charge in [0.2, 0.25) is 0 Å². The molecule has 26 heavy (non-hydrogen) atoms. The Kier molecular flexibility index (Phi) is 5.59. The van der Waals surface area contributed by atoms with Gasteiger partial charge in [-0.05, 0) is 47.2 Å². The molecule has 1 aliphatic carbocycles. The number of benzene rings is 2. The number of ether oxygens (including phenoxy) is 2. The molecule has 5 heteroatoms. The van der Waals surface area contributed by atoms with E-state index in [2.05, 4.69) is 0 Å². The van der Waals surface area contributed by atoms with Crippen LogP contribution in [-0.4, -0.2) is 5.97 Å². The molecule has 2 aromatic rings. The molecule has 1 saturated carbocycles. The predicted molar refractivity (Wildman–Crippen MR) is 103 cm³/mol. The fourth-order valence-electron chi connectivity index (χ4n) is 3.14. The summed E-state index contributed by atoms with van der Waals surface area (Å²) in [5.41, 5.74) is 0.678. The van der Waals surface area contributed by atoms with E-state index in [0.29, 0.717) is 5.75 Å². The summed E-state index contributed by atoms with van der Waals surface area (Å²) >= 11 is 11.5. The van der Waals surface area contributed by atoms with Gasteiger partial charge < -0.3 is 9.47 Å². The van der Waals surface area contributed by atoms with Crippen LogP contribution in [0.25, 0.3) is 0 Å². The fourth-order valence-corrected chi connectivity index (χ4v) is 3.41. The monoisotopic (exact) mass is 396 g/mol. The van der Waals surface area contributed by atoms with Crippen molar-refractivity contribution in [3.05, 3.63) is 70.7 Å². The number of halogens is 2. The van der Waals surface area contributed by atoms with Crippen molar-refractivity contribution in [2.24, 2.45) is 17.3 Å². The molecule has 2 atom stereocenters. The van der Waals surface area contributed by atoms with Crippen LogP contribution in [0.3, 0.4) is 0 Å². The molecular formula is C21H20Cl2O3. The molecule has 0 bridgehead atoms. The van der Waals surface area contributed by atoms with Gasteiger partial charge in [0, 0.05) is 0 Å². The Morgan fingerprint density at radius 3 is 2.46 bits per heavy atom. The molecule has 0 radical (unpaired) electrons. The maximum Gasteiger partial charge on any atom is 0.310 e. The van der Waals surface area contributed by atoms with Crippen LogP contribution in [0.4, 0.5) is 0 Å². The van der Waals surface area contributed by atoms with Crippen molar-refractivity contribution in [2.75, 3.05) is 0 Å². The first-order chi connectivity index (χ1) is 12.4. The van der Waals surface area contributed by atoms with Crippen molar-refractivity contribution in [3.8, 4) is 11.5 Å². The minimum absolute atomic E-state index is 0.00717. The average molecular weight is 397 g/mol. The van der Waals surface area contributed by atoms with Gasteiger partial charge in [-0.15, -0.1) is 0 Å². The molecule has 0 unspecified atom stereocenters. The van der Waals surface area contributed by atoms with Gasteiger partial charge in [0.25, 0.3) is 0 Å². The molecule has 0 heterocycles. The Labute approximate surface area is 163 Å². The summed E-state index contributed by atoms with van der Waals surface area (Å²) in [6, 6.07) is 17.0. The standard InChI is InChI=1S/C21H20Cl2O3/c1-21(2)17(12-18(22)23)19(21)20(24)25-13-14-7-6-10-16(11-14)26-15-8-4-3-5-9-15/h3-12,17,19H,13H2,1-2H3/t17-,19-/m0/s1/i3+1,4+1,5+1,8+1,9+1,15+1. The van der Waals surface area contributed by atoms with Crippen LogP contribution in [0.5, 0.6) is 11.5 Å². The van der Waals surface area contributed by atoms with E-state index in [1.165, 1.54) is 0 Å². The molecule has 136 valence electrons. The summed E-state index contributed by atoms with van der Waals surface area (Å²) in [4.78, 5) is 12.4. The van der Waals surface area contributed by atoms with Crippen LogP contribution in [-0.2, 0) is 16.1 Å². The normalized spacial score (nSPS) is 20.2. The van der Waals surface area contributed by atoms with E-state index >= 15 is 0 Å². The van der Waals surface area contributed by atoms with E-state index in [0.717, 1.165) is 11.3 Å². The topological polar surface area (TPSA) is 35.5 Å². The third-order valence-corrected chi connectivity index (χ3v) is 4.98. The maximum absolute atomic E-state index is 12.4. The summed E-state index contributed by atoms with van der Waals surface area (Å²) in [6.45, 7) is 4.21. The number of carbonyl (C=O) groups is 1. The van der Waals surface area contributed by atoms with Crippen LogP contribution < -0.4 is 4.74 Å². The Bertz CT molecular complexity index is 811. The van der Waals surface area contributed by atoms with Gasteiger partial charge in [-0.3, -0.25) is 4.79 Å². The number of hydrogen-bond acceptors (Lipinski definition) is 3. The van der Waals surface area contributed by atoms with Crippen LogP contribution in [0.1, 0.15) is 19.4 Å². The number of rotatable bonds is 6. The molecule has 1 aliphatic rings. The van der Waals surface area contributed by atoms with Gasteiger partial charge in [-0.1, -0.05) is 67.4 Å². The van der Waals surface area contributed by atoms with Gasteiger partial charge >= 0.3 is 5.97 Å². The highest BCUT2D eigenvalue weighted by Crippen LogP contribution is 2.60. The molecular weight excluding hydrogens is 377 g/mol. The Balaban J connectivity index is 1.59. The number of allylic oxidation sites excluding steroid dienone is 1. The Morgan fingerprint density at radius 2 is 1.77 bits per heavy atom. The lowest BCUT2D eigenvalue weighted by Crippen LogP contribution is -2.10. The first-order valence-corrected chi connectivity index (χ1v) is 9.15. The van der Waals surface area contributed by atoms with Crippen molar-refractivity contribution in [1.29, 1.82) is 0 Å². The average Bonchev–Trinajstić information content (AvgIpc) is 3.13. The van der Waals surface area contributed by atoms with Gasteiger partial charge in [0.1, 0.15) is 22.6 Å². The van der Waals surface area contributed by atoms with Crippen LogP contribution in [0.15, 0.2) is 65.2 Å². The highest BCUT2D eigenvalue weighted by atomic mass is 35.5. The zero-order chi connectivity index (χ0) is 18.7. The number of esters is 1. The minimum atomic E-state index is -0.236. The summed E-state index contributed by atoms with van der Waals surface area (Å²) < 4.78 is 11.5. The summed E-state index contributed by atoms with van der Waals surface area (Å²) in [5, 5.41) is 0. The van der Waals surface area contributed by atoms with Crippen molar-refractivity contribution < 1.29 is 14.3 Å². The lowest BCUT2D eigenvalue weighted by molar-refractivity contribution is -0.147.